The minimum atomic E-state index is -0.425. The molecule has 0 N–H and O–H groups in total. The van der Waals surface area contributed by atoms with Crippen LogP contribution in [-0.4, -0.2) is 4.92 Å². The number of nitro benzene ring substituents is 1. The van der Waals surface area contributed by atoms with Crippen LogP contribution < -0.4 is 0 Å². The summed E-state index contributed by atoms with van der Waals surface area (Å²) in [6.45, 7) is 1.76. The maximum atomic E-state index is 10.3. The molecule has 57 valence electrons. The first kappa shape index (κ1) is 8.20. The van der Waals surface area contributed by atoms with E-state index in [9.17, 15) is 10.1 Å². The first-order valence-corrected chi connectivity index (χ1v) is 3.73. The number of nitrogens with zero attached hydrogens (tertiary/aromatic N) is 1. The lowest BCUT2D eigenvalue weighted by Gasteiger charge is -1.93. The summed E-state index contributed by atoms with van der Waals surface area (Å²) < 4.78 is 0.615. The molecule has 0 heterocycles. The molecule has 0 bridgehead atoms. The Balaban J connectivity index is 3.19. The second kappa shape index (κ2) is 3.00. The molecule has 0 aliphatic heterocycles. The number of hydrogen-bond acceptors (Lipinski definition) is 2. The van der Waals surface area contributed by atoms with Gasteiger partial charge in [0.05, 0.1) is 4.92 Å². The molecule has 1 rings (SSSR count). The molecule has 1 aromatic carbocycles. The van der Waals surface area contributed by atoms with Crippen molar-refractivity contribution in [1.29, 1.82) is 0 Å². The van der Waals surface area contributed by atoms with Gasteiger partial charge >= 0.3 is 0 Å². The normalized spacial score (nSPS) is 9.64. The summed E-state index contributed by atoms with van der Waals surface area (Å²) in [6, 6.07) is 5.78. The SMILES string of the molecule is Cc1[c]c(Br)cc([N+](=O)[O-])c1. The Labute approximate surface area is 72.3 Å². The van der Waals surface area contributed by atoms with E-state index in [2.05, 4.69) is 22.0 Å². The summed E-state index contributed by atoms with van der Waals surface area (Å²) in [7, 11) is 0. The molecule has 1 aromatic rings. The largest absolute Gasteiger partial charge is 0.270 e. The number of halogens is 1. The van der Waals surface area contributed by atoms with Crippen molar-refractivity contribution in [2.75, 3.05) is 0 Å². The molecular formula is C7H5BrNO2. The van der Waals surface area contributed by atoms with Gasteiger partial charge in [0.25, 0.3) is 5.69 Å². The maximum absolute atomic E-state index is 10.3. The van der Waals surface area contributed by atoms with Crippen LogP contribution in [0.5, 0.6) is 0 Å². The third-order valence-corrected chi connectivity index (χ3v) is 1.59. The summed E-state index contributed by atoms with van der Waals surface area (Å²) in [6.07, 6.45) is 0. The van der Waals surface area contributed by atoms with Crippen LogP contribution in [0.25, 0.3) is 0 Å². The van der Waals surface area contributed by atoms with E-state index < -0.39 is 4.92 Å². The lowest BCUT2D eigenvalue weighted by Crippen LogP contribution is -1.88. The lowest BCUT2D eigenvalue weighted by atomic mass is 10.2. The van der Waals surface area contributed by atoms with Crippen molar-refractivity contribution in [2.45, 2.75) is 6.92 Å². The van der Waals surface area contributed by atoms with Crippen molar-refractivity contribution < 1.29 is 4.92 Å². The van der Waals surface area contributed by atoms with Crippen molar-refractivity contribution in [3.8, 4) is 0 Å². The highest BCUT2D eigenvalue weighted by molar-refractivity contribution is 9.10. The molecule has 0 aromatic heterocycles. The minimum Gasteiger partial charge on any atom is -0.258 e. The van der Waals surface area contributed by atoms with E-state index in [0.29, 0.717) is 4.47 Å². The molecule has 0 atom stereocenters. The van der Waals surface area contributed by atoms with Gasteiger partial charge in [0.1, 0.15) is 0 Å². The summed E-state index contributed by atoms with van der Waals surface area (Å²) >= 11 is 3.12. The van der Waals surface area contributed by atoms with Crippen molar-refractivity contribution >= 4 is 21.6 Å². The molecule has 0 unspecified atom stereocenters. The van der Waals surface area contributed by atoms with Crippen LogP contribution in [0.4, 0.5) is 5.69 Å². The number of benzene rings is 1. The van der Waals surface area contributed by atoms with Gasteiger partial charge in [-0.25, -0.2) is 0 Å². The van der Waals surface area contributed by atoms with Gasteiger partial charge in [0.2, 0.25) is 0 Å². The number of nitro groups is 1. The molecule has 11 heavy (non-hydrogen) atoms. The van der Waals surface area contributed by atoms with Crippen LogP contribution in [0.15, 0.2) is 16.6 Å². The van der Waals surface area contributed by atoms with Gasteiger partial charge in [-0.1, -0.05) is 0 Å². The molecule has 3 nitrogen and oxygen atoms in total. The predicted octanol–water partition coefficient (Wildman–Crippen LogP) is 2.47. The molecule has 4 heteroatoms. The number of aryl methyl sites for hydroxylation is 1. The summed E-state index contributed by atoms with van der Waals surface area (Å²) in [5.41, 5.74) is 0.846. The Morgan fingerprint density at radius 3 is 2.73 bits per heavy atom. The topological polar surface area (TPSA) is 43.1 Å². The van der Waals surface area contributed by atoms with Crippen LogP contribution in [0.1, 0.15) is 5.56 Å². The fraction of sp³-hybridized carbons (Fsp3) is 0.143. The Hall–Kier alpha value is -0.900. The number of rotatable bonds is 1. The highest BCUT2D eigenvalue weighted by atomic mass is 79.9. The second-order valence-corrected chi connectivity index (χ2v) is 2.98. The zero-order chi connectivity index (χ0) is 8.43. The first-order chi connectivity index (χ1) is 5.09. The van der Waals surface area contributed by atoms with Gasteiger partial charge in [-0.05, 0) is 28.4 Å². The van der Waals surface area contributed by atoms with Gasteiger partial charge in [-0.15, -0.1) is 0 Å². The highest BCUT2D eigenvalue weighted by Crippen LogP contribution is 2.19. The van der Waals surface area contributed by atoms with E-state index in [-0.39, 0.29) is 5.69 Å². The summed E-state index contributed by atoms with van der Waals surface area (Å²) in [4.78, 5) is 9.85. The third kappa shape index (κ3) is 2.01. The van der Waals surface area contributed by atoms with Crippen LogP contribution in [0.3, 0.4) is 0 Å². The molecule has 0 aliphatic rings. The smallest absolute Gasteiger partial charge is 0.258 e. The average molecular weight is 215 g/mol. The molecule has 0 fully saturated rings. The fourth-order valence-corrected chi connectivity index (χ4v) is 1.31. The van der Waals surface area contributed by atoms with Crippen molar-refractivity contribution in [1.82, 2.24) is 0 Å². The van der Waals surface area contributed by atoms with Crippen molar-refractivity contribution in [3.63, 3.8) is 0 Å². The van der Waals surface area contributed by atoms with E-state index in [4.69, 9.17) is 0 Å². The lowest BCUT2D eigenvalue weighted by molar-refractivity contribution is -0.385. The predicted molar refractivity (Wildman–Crippen MR) is 44.4 cm³/mol. The van der Waals surface area contributed by atoms with Crippen LogP contribution >= 0.6 is 15.9 Å². The van der Waals surface area contributed by atoms with E-state index >= 15 is 0 Å². The molecule has 0 saturated carbocycles. The standard InChI is InChI=1S/C7H5BrNO2/c1-5-2-6(8)4-7(3-5)9(10)11/h3-4H,1H3. The van der Waals surface area contributed by atoms with E-state index in [1.807, 2.05) is 0 Å². The van der Waals surface area contributed by atoms with Gasteiger partial charge in [-0.2, -0.15) is 0 Å². The molecule has 0 saturated heterocycles. The monoisotopic (exact) mass is 214 g/mol. The van der Waals surface area contributed by atoms with Gasteiger partial charge in [0.15, 0.2) is 0 Å². The maximum Gasteiger partial charge on any atom is 0.270 e. The van der Waals surface area contributed by atoms with E-state index in [1.165, 1.54) is 12.1 Å². The van der Waals surface area contributed by atoms with Crippen LogP contribution in [0.2, 0.25) is 0 Å². The Morgan fingerprint density at radius 1 is 1.64 bits per heavy atom. The molecule has 1 radical (unpaired) electrons. The number of hydrogen-bond donors (Lipinski definition) is 0. The average Bonchev–Trinajstić information content (AvgIpc) is 1.85. The Morgan fingerprint density at radius 2 is 2.27 bits per heavy atom. The zero-order valence-corrected chi connectivity index (χ0v) is 7.38. The second-order valence-electron chi connectivity index (χ2n) is 2.13. The van der Waals surface area contributed by atoms with Crippen LogP contribution in [-0.2, 0) is 0 Å². The van der Waals surface area contributed by atoms with E-state index in [0.717, 1.165) is 5.56 Å². The van der Waals surface area contributed by atoms with Gasteiger partial charge in [-0.3, -0.25) is 10.1 Å². The van der Waals surface area contributed by atoms with Crippen molar-refractivity contribution in [3.05, 3.63) is 38.3 Å². The van der Waals surface area contributed by atoms with Crippen molar-refractivity contribution in [2.24, 2.45) is 0 Å². The highest BCUT2D eigenvalue weighted by Gasteiger charge is 2.05. The summed E-state index contributed by atoms with van der Waals surface area (Å²) in [5, 5.41) is 10.3. The summed E-state index contributed by atoms with van der Waals surface area (Å²) in [5.74, 6) is 0. The first-order valence-electron chi connectivity index (χ1n) is 2.93. The van der Waals surface area contributed by atoms with Crippen LogP contribution in [0, 0.1) is 23.1 Å². The van der Waals surface area contributed by atoms with Gasteiger partial charge in [0, 0.05) is 22.7 Å². The molecule has 0 aliphatic carbocycles. The molecular weight excluding hydrogens is 210 g/mol. The number of non-ortho nitro benzene ring substituents is 1. The fourth-order valence-electron chi connectivity index (χ4n) is 0.759. The minimum absolute atomic E-state index is 0.0909. The Kier molecular flexibility index (Phi) is 2.24. The molecule has 0 amide bonds. The van der Waals surface area contributed by atoms with Gasteiger partial charge < -0.3 is 0 Å². The Bertz CT molecular complexity index is 278. The molecule has 0 spiro atoms. The quantitative estimate of drug-likeness (QED) is 0.533. The third-order valence-electron chi connectivity index (χ3n) is 1.17. The zero-order valence-electron chi connectivity index (χ0n) is 5.80. The van der Waals surface area contributed by atoms with E-state index in [1.54, 1.807) is 6.92 Å².